The molecule has 2 heteroatoms. The first-order valence-electron chi connectivity index (χ1n) is 8.12. The minimum Gasteiger partial charge on any atom is -0.375 e. The number of rotatable bonds is 5. The van der Waals surface area contributed by atoms with Gasteiger partial charge < -0.3 is 10.1 Å². The van der Waals surface area contributed by atoms with Crippen molar-refractivity contribution in [3.8, 4) is 0 Å². The molecule has 1 aromatic carbocycles. The molecule has 0 aliphatic carbocycles. The van der Waals surface area contributed by atoms with E-state index in [1.165, 1.54) is 36.0 Å². The van der Waals surface area contributed by atoms with Crippen molar-refractivity contribution in [1.82, 2.24) is 5.32 Å². The lowest BCUT2D eigenvalue weighted by Crippen LogP contribution is -2.42. The van der Waals surface area contributed by atoms with Crippen LogP contribution in [0.3, 0.4) is 0 Å². The maximum Gasteiger partial charge on any atom is 0.0623 e. The lowest BCUT2D eigenvalue weighted by Gasteiger charge is -2.29. The molecule has 2 nitrogen and oxygen atoms in total. The summed E-state index contributed by atoms with van der Waals surface area (Å²) in [4.78, 5) is 0. The summed E-state index contributed by atoms with van der Waals surface area (Å²) in [5.74, 6) is 0.704. The molecule has 0 saturated carbocycles. The fourth-order valence-corrected chi connectivity index (χ4v) is 3.92. The lowest BCUT2D eigenvalue weighted by atomic mass is 9.81. The molecule has 3 rings (SSSR count). The summed E-state index contributed by atoms with van der Waals surface area (Å²) in [7, 11) is 0. The largest absolute Gasteiger partial charge is 0.375 e. The summed E-state index contributed by atoms with van der Waals surface area (Å²) in [6.07, 6.45) is 5.99. The Kier molecular flexibility index (Phi) is 4.13. The van der Waals surface area contributed by atoms with Crippen molar-refractivity contribution >= 4 is 0 Å². The van der Waals surface area contributed by atoms with Crippen LogP contribution in [-0.2, 0) is 11.2 Å². The van der Waals surface area contributed by atoms with Crippen LogP contribution < -0.4 is 5.32 Å². The Balaban J connectivity index is 1.72. The number of benzene rings is 1. The van der Waals surface area contributed by atoms with Crippen molar-refractivity contribution in [2.45, 2.75) is 64.7 Å². The third-order valence-electron chi connectivity index (χ3n) is 5.16. The van der Waals surface area contributed by atoms with Gasteiger partial charge in [0.15, 0.2) is 0 Å². The van der Waals surface area contributed by atoms with Crippen LogP contribution >= 0.6 is 0 Å². The first kappa shape index (κ1) is 14.1. The standard InChI is InChI=1S/C18H27NO/c1-4-19-17(16-11-15-7-8-18(16)20-15)10-14-6-5-12(2)13(3)9-14/h5-6,9,15-19H,4,7-8,10-11H2,1-3H3. The van der Waals surface area contributed by atoms with Crippen molar-refractivity contribution in [3.63, 3.8) is 0 Å². The van der Waals surface area contributed by atoms with Crippen LogP contribution in [0.1, 0.15) is 42.9 Å². The number of fused-ring (bicyclic) bond motifs is 2. The highest BCUT2D eigenvalue weighted by molar-refractivity contribution is 5.30. The van der Waals surface area contributed by atoms with Crippen LogP contribution in [0.5, 0.6) is 0 Å². The van der Waals surface area contributed by atoms with E-state index in [4.69, 9.17) is 4.74 Å². The first-order chi connectivity index (χ1) is 9.67. The van der Waals surface area contributed by atoms with Crippen molar-refractivity contribution in [2.24, 2.45) is 5.92 Å². The van der Waals surface area contributed by atoms with E-state index in [0.717, 1.165) is 13.0 Å². The smallest absolute Gasteiger partial charge is 0.0623 e. The lowest BCUT2D eigenvalue weighted by molar-refractivity contribution is 0.0858. The Hall–Kier alpha value is -0.860. The van der Waals surface area contributed by atoms with Gasteiger partial charge in [-0.1, -0.05) is 25.1 Å². The summed E-state index contributed by atoms with van der Waals surface area (Å²) in [6.45, 7) is 7.65. The van der Waals surface area contributed by atoms with Gasteiger partial charge in [-0.25, -0.2) is 0 Å². The molecule has 1 aromatic rings. The van der Waals surface area contributed by atoms with Gasteiger partial charge in [0.1, 0.15) is 0 Å². The molecular formula is C18H27NO. The van der Waals surface area contributed by atoms with Crippen LogP contribution in [0.2, 0.25) is 0 Å². The molecule has 0 radical (unpaired) electrons. The number of hydrogen-bond acceptors (Lipinski definition) is 2. The average Bonchev–Trinajstić information content (AvgIpc) is 3.05. The molecule has 1 N–H and O–H groups in total. The monoisotopic (exact) mass is 273 g/mol. The number of hydrogen-bond donors (Lipinski definition) is 1. The van der Waals surface area contributed by atoms with Gasteiger partial charge in [0.2, 0.25) is 0 Å². The second-order valence-corrected chi connectivity index (χ2v) is 6.56. The fourth-order valence-electron chi connectivity index (χ4n) is 3.92. The molecule has 4 atom stereocenters. The summed E-state index contributed by atoms with van der Waals surface area (Å²) in [5, 5.41) is 3.71. The second-order valence-electron chi connectivity index (χ2n) is 6.56. The molecule has 0 amide bonds. The van der Waals surface area contributed by atoms with E-state index in [-0.39, 0.29) is 0 Å². The Morgan fingerprint density at radius 1 is 1.25 bits per heavy atom. The van der Waals surface area contributed by atoms with E-state index in [2.05, 4.69) is 44.3 Å². The third-order valence-corrected chi connectivity index (χ3v) is 5.16. The van der Waals surface area contributed by atoms with Crippen LogP contribution in [0, 0.1) is 19.8 Å². The summed E-state index contributed by atoms with van der Waals surface area (Å²) in [6, 6.07) is 7.47. The minimum atomic E-state index is 0.510. The van der Waals surface area contributed by atoms with Crippen molar-refractivity contribution < 1.29 is 4.74 Å². The molecule has 2 fully saturated rings. The summed E-state index contributed by atoms with van der Waals surface area (Å²) in [5.41, 5.74) is 4.25. The van der Waals surface area contributed by atoms with Crippen LogP contribution in [0.4, 0.5) is 0 Å². The van der Waals surface area contributed by atoms with Gasteiger partial charge in [0.05, 0.1) is 12.2 Å². The maximum absolute atomic E-state index is 6.05. The second kappa shape index (κ2) is 5.87. The van der Waals surface area contributed by atoms with Crippen LogP contribution in [-0.4, -0.2) is 24.8 Å². The predicted molar refractivity (Wildman–Crippen MR) is 83.1 cm³/mol. The van der Waals surface area contributed by atoms with Gasteiger partial charge in [-0.05, 0) is 62.8 Å². The molecule has 110 valence electrons. The van der Waals surface area contributed by atoms with Crippen molar-refractivity contribution in [3.05, 3.63) is 34.9 Å². The molecule has 0 aromatic heterocycles. The van der Waals surface area contributed by atoms with Gasteiger partial charge in [-0.3, -0.25) is 0 Å². The quantitative estimate of drug-likeness (QED) is 0.888. The first-order valence-corrected chi connectivity index (χ1v) is 8.12. The molecule has 2 saturated heterocycles. The van der Waals surface area contributed by atoms with Gasteiger partial charge >= 0.3 is 0 Å². The highest BCUT2D eigenvalue weighted by atomic mass is 16.5. The number of likely N-dealkylation sites (N-methyl/N-ethyl adjacent to an activating group) is 1. The average molecular weight is 273 g/mol. The van der Waals surface area contributed by atoms with Crippen LogP contribution in [0.25, 0.3) is 0 Å². The highest BCUT2D eigenvalue weighted by Crippen LogP contribution is 2.41. The van der Waals surface area contributed by atoms with Crippen molar-refractivity contribution in [1.29, 1.82) is 0 Å². The number of aryl methyl sites for hydroxylation is 2. The SMILES string of the molecule is CCNC(Cc1ccc(C)c(C)c1)C1CC2CCC1O2. The topological polar surface area (TPSA) is 21.3 Å². The molecule has 20 heavy (non-hydrogen) atoms. The number of ether oxygens (including phenoxy) is 1. The fraction of sp³-hybridized carbons (Fsp3) is 0.667. The Labute approximate surface area is 122 Å². The summed E-state index contributed by atoms with van der Waals surface area (Å²) >= 11 is 0. The van der Waals surface area contributed by atoms with E-state index in [1.54, 1.807) is 0 Å². The molecule has 4 unspecified atom stereocenters. The Bertz CT molecular complexity index is 470. The molecular weight excluding hydrogens is 246 g/mol. The minimum absolute atomic E-state index is 0.510. The van der Waals surface area contributed by atoms with Gasteiger partial charge in [0, 0.05) is 12.0 Å². The van der Waals surface area contributed by atoms with Crippen LogP contribution in [0.15, 0.2) is 18.2 Å². The van der Waals surface area contributed by atoms with Crippen molar-refractivity contribution in [2.75, 3.05) is 6.54 Å². The van der Waals surface area contributed by atoms with Gasteiger partial charge in [-0.15, -0.1) is 0 Å². The molecule has 0 spiro atoms. The van der Waals surface area contributed by atoms with E-state index in [0.29, 0.717) is 24.2 Å². The normalized spacial score (nSPS) is 29.9. The zero-order chi connectivity index (χ0) is 14.1. The molecule has 2 aliphatic rings. The van der Waals surface area contributed by atoms with E-state index in [9.17, 15) is 0 Å². The zero-order valence-corrected chi connectivity index (χ0v) is 13.0. The third kappa shape index (κ3) is 2.77. The van der Waals surface area contributed by atoms with Gasteiger partial charge in [-0.2, -0.15) is 0 Å². The Morgan fingerprint density at radius 2 is 2.10 bits per heavy atom. The Morgan fingerprint density at radius 3 is 2.70 bits per heavy atom. The van der Waals surface area contributed by atoms with E-state index in [1.807, 2.05) is 0 Å². The zero-order valence-electron chi connectivity index (χ0n) is 13.0. The molecule has 2 heterocycles. The van der Waals surface area contributed by atoms with E-state index < -0.39 is 0 Å². The molecule has 2 aliphatic heterocycles. The predicted octanol–water partition coefficient (Wildman–Crippen LogP) is 3.39. The highest BCUT2D eigenvalue weighted by Gasteiger charge is 2.43. The molecule has 2 bridgehead atoms. The summed E-state index contributed by atoms with van der Waals surface area (Å²) < 4.78 is 6.05. The number of nitrogens with one attached hydrogen (secondary N) is 1. The van der Waals surface area contributed by atoms with E-state index >= 15 is 0 Å². The van der Waals surface area contributed by atoms with Gasteiger partial charge in [0.25, 0.3) is 0 Å². The maximum atomic E-state index is 6.05.